The van der Waals surface area contributed by atoms with E-state index in [0.29, 0.717) is 17.3 Å². The summed E-state index contributed by atoms with van der Waals surface area (Å²) in [4.78, 5) is 14.7. The molecular weight excluding hydrogens is 354 g/mol. The first-order valence-corrected chi connectivity index (χ1v) is 9.80. The third-order valence-corrected chi connectivity index (χ3v) is 4.98. The van der Waals surface area contributed by atoms with Gasteiger partial charge in [0, 0.05) is 31.2 Å². The topological polar surface area (TPSA) is 53.6 Å². The molecule has 5 nitrogen and oxygen atoms in total. The van der Waals surface area contributed by atoms with Crippen molar-refractivity contribution < 1.29 is 9.53 Å². The fourth-order valence-corrected chi connectivity index (χ4v) is 3.36. The first-order valence-electron chi connectivity index (χ1n) is 8.24. The highest BCUT2D eigenvalue weighted by molar-refractivity contribution is 7.99. The summed E-state index contributed by atoms with van der Waals surface area (Å²) < 4.78 is 5.45. The van der Waals surface area contributed by atoms with Gasteiger partial charge in [-0.1, -0.05) is 19.1 Å². The molecule has 1 aromatic rings. The highest BCUT2D eigenvalue weighted by Gasteiger charge is 2.30. The molecule has 0 bridgehead atoms. The SMILES string of the molecule is CCSCCOC(=O)C1=C(C)NC(=S)NC1c1ccc(N(C)C)cc1. The van der Waals surface area contributed by atoms with Crippen molar-refractivity contribution in [2.75, 3.05) is 37.1 Å². The van der Waals surface area contributed by atoms with Gasteiger partial charge in [-0.2, -0.15) is 11.8 Å². The number of thiocarbonyl (C=S) groups is 1. The lowest BCUT2D eigenvalue weighted by Gasteiger charge is -2.30. The third kappa shape index (κ3) is 5.12. The molecule has 0 aromatic heterocycles. The molecule has 1 atom stereocenters. The summed E-state index contributed by atoms with van der Waals surface area (Å²) in [7, 11) is 3.99. The second-order valence-electron chi connectivity index (χ2n) is 5.89. The molecule has 0 fully saturated rings. The van der Waals surface area contributed by atoms with E-state index in [9.17, 15) is 4.79 Å². The number of carbonyl (C=O) groups excluding carboxylic acids is 1. The largest absolute Gasteiger partial charge is 0.461 e. The minimum Gasteiger partial charge on any atom is -0.461 e. The van der Waals surface area contributed by atoms with E-state index in [-0.39, 0.29) is 12.0 Å². The van der Waals surface area contributed by atoms with Crippen LogP contribution in [0.1, 0.15) is 25.5 Å². The summed E-state index contributed by atoms with van der Waals surface area (Å²) in [5.74, 6) is 1.51. The number of hydrogen-bond acceptors (Lipinski definition) is 5. The van der Waals surface area contributed by atoms with Crippen LogP contribution in [0.4, 0.5) is 5.69 Å². The van der Waals surface area contributed by atoms with E-state index in [1.165, 1.54) is 0 Å². The second-order valence-corrected chi connectivity index (χ2v) is 7.69. The van der Waals surface area contributed by atoms with Gasteiger partial charge in [-0.25, -0.2) is 4.79 Å². The predicted octanol–water partition coefficient (Wildman–Crippen LogP) is 2.84. The first-order chi connectivity index (χ1) is 11.9. The lowest BCUT2D eigenvalue weighted by molar-refractivity contribution is -0.138. The highest BCUT2D eigenvalue weighted by Crippen LogP contribution is 2.28. The second kappa shape index (κ2) is 9.10. The van der Waals surface area contributed by atoms with E-state index in [1.807, 2.05) is 50.2 Å². The van der Waals surface area contributed by atoms with E-state index in [1.54, 1.807) is 11.8 Å². The number of thioether (sulfide) groups is 1. The Labute approximate surface area is 159 Å². The van der Waals surface area contributed by atoms with E-state index in [2.05, 4.69) is 17.6 Å². The van der Waals surface area contributed by atoms with Crippen molar-refractivity contribution in [2.24, 2.45) is 0 Å². The van der Waals surface area contributed by atoms with Crippen molar-refractivity contribution in [3.05, 3.63) is 41.1 Å². The number of anilines is 1. The van der Waals surface area contributed by atoms with E-state index < -0.39 is 0 Å². The molecule has 2 N–H and O–H groups in total. The molecule has 1 unspecified atom stereocenters. The van der Waals surface area contributed by atoms with Gasteiger partial charge in [-0.15, -0.1) is 0 Å². The molecule has 1 aliphatic rings. The summed E-state index contributed by atoms with van der Waals surface area (Å²) in [6.45, 7) is 4.35. The number of ether oxygens (including phenoxy) is 1. The standard InChI is InChI=1S/C18H25N3O2S2/c1-5-25-11-10-23-17(22)15-12(2)19-18(24)20-16(15)13-6-8-14(9-7-13)21(3)4/h6-9,16H,5,10-11H2,1-4H3,(H2,19,20,24). The monoisotopic (exact) mass is 379 g/mol. The smallest absolute Gasteiger partial charge is 0.338 e. The average Bonchev–Trinajstić information content (AvgIpc) is 2.58. The number of hydrogen-bond donors (Lipinski definition) is 2. The summed E-state index contributed by atoms with van der Waals surface area (Å²) in [6, 6.07) is 7.76. The normalized spacial score (nSPS) is 17.0. The number of benzene rings is 1. The molecule has 0 spiro atoms. The number of allylic oxidation sites excluding steroid dienone is 1. The molecule has 1 aromatic carbocycles. The summed E-state index contributed by atoms with van der Waals surface area (Å²) >= 11 is 7.02. The molecule has 2 rings (SSSR count). The quantitative estimate of drug-likeness (QED) is 0.429. The van der Waals surface area contributed by atoms with Gasteiger partial charge in [0.25, 0.3) is 0 Å². The first kappa shape index (κ1) is 19.6. The van der Waals surface area contributed by atoms with Gasteiger partial charge in [0.2, 0.25) is 0 Å². The Kier molecular flexibility index (Phi) is 7.13. The van der Waals surface area contributed by atoms with Crippen LogP contribution in [0.15, 0.2) is 35.5 Å². The maximum atomic E-state index is 12.6. The van der Waals surface area contributed by atoms with Crippen molar-refractivity contribution in [1.82, 2.24) is 10.6 Å². The highest BCUT2D eigenvalue weighted by atomic mass is 32.2. The zero-order chi connectivity index (χ0) is 18.4. The minimum absolute atomic E-state index is 0.307. The fraction of sp³-hybridized carbons (Fsp3) is 0.444. The molecule has 0 radical (unpaired) electrons. The lowest BCUT2D eigenvalue weighted by atomic mass is 9.95. The van der Waals surface area contributed by atoms with Crippen molar-refractivity contribution in [1.29, 1.82) is 0 Å². The predicted molar refractivity (Wildman–Crippen MR) is 109 cm³/mol. The van der Waals surface area contributed by atoms with Crippen LogP contribution in [0.2, 0.25) is 0 Å². The maximum absolute atomic E-state index is 12.6. The van der Waals surface area contributed by atoms with Gasteiger partial charge in [0.1, 0.15) is 6.61 Å². The summed E-state index contributed by atoms with van der Waals surface area (Å²) in [5, 5.41) is 6.73. The van der Waals surface area contributed by atoms with Crippen molar-refractivity contribution in [3.63, 3.8) is 0 Å². The lowest BCUT2D eigenvalue weighted by Crippen LogP contribution is -2.45. The van der Waals surface area contributed by atoms with Crippen LogP contribution in [0.5, 0.6) is 0 Å². The van der Waals surface area contributed by atoms with E-state index in [0.717, 1.165) is 28.5 Å². The molecule has 7 heteroatoms. The van der Waals surface area contributed by atoms with Crippen LogP contribution >= 0.6 is 24.0 Å². The zero-order valence-electron chi connectivity index (χ0n) is 15.1. The Morgan fingerprint density at radius 2 is 2.00 bits per heavy atom. The van der Waals surface area contributed by atoms with Crippen molar-refractivity contribution in [3.8, 4) is 0 Å². The molecule has 0 saturated heterocycles. The Bertz CT molecular complexity index is 657. The zero-order valence-corrected chi connectivity index (χ0v) is 16.7. The maximum Gasteiger partial charge on any atom is 0.338 e. The van der Waals surface area contributed by atoms with Crippen LogP contribution in [0.25, 0.3) is 0 Å². The molecule has 136 valence electrons. The van der Waals surface area contributed by atoms with Gasteiger partial charge in [0.05, 0.1) is 11.6 Å². The Hall–Kier alpha value is -1.73. The molecular formula is C18H25N3O2S2. The molecule has 1 aliphatic heterocycles. The van der Waals surface area contributed by atoms with Crippen LogP contribution in [0.3, 0.4) is 0 Å². The number of esters is 1. The Morgan fingerprint density at radius 1 is 1.32 bits per heavy atom. The van der Waals surface area contributed by atoms with Crippen LogP contribution in [-0.2, 0) is 9.53 Å². The minimum atomic E-state index is -0.309. The van der Waals surface area contributed by atoms with Gasteiger partial charge in [-0.05, 0) is 42.6 Å². The van der Waals surface area contributed by atoms with Crippen LogP contribution in [-0.4, -0.2) is 43.3 Å². The van der Waals surface area contributed by atoms with E-state index in [4.69, 9.17) is 17.0 Å². The van der Waals surface area contributed by atoms with Gasteiger partial charge in [0.15, 0.2) is 5.11 Å². The number of nitrogens with zero attached hydrogens (tertiary/aromatic N) is 1. The van der Waals surface area contributed by atoms with Crippen LogP contribution < -0.4 is 15.5 Å². The van der Waals surface area contributed by atoms with Crippen molar-refractivity contribution >= 4 is 40.7 Å². The molecule has 25 heavy (non-hydrogen) atoms. The van der Waals surface area contributed by atoms with Gasteiger partial charge < -0.3 is 20.3 Å². The Morgan fingerprint density at radius 3 is 2.60 bits per heavy atom. The van der Waals surface area contributed by atoms with Crippen LogP contribution in [0, 0.1) is 0 Å². The Balaban J connectivity index is 2.22. The summed E-state index contributed by atoms with van der Waals surface area (Å²) in [5.41, 5.74) is 3.39. The molecule has 0 aliphatic carbocycles. The number of nitrogens with one attached hydrogen (secondary N) is 2. The van der Waals surface area contributed by atoms with Gasteiger partial charge >= 0.3 is 5.97 Å². The molecule has 0 saturated carbocycles. The fourth-order valence-electron chi connectivity index (χ4n) is 2.59. The number of carbonyl (C=O) groups is 1. The average molecular weight is 380 g/mol. The summed E-state index contributed by atoms with van der Waals surface area (Å²) in [6.07, 6.45) is 0. The molecule has 1 heterocycles. The third-order valence-electron chi connectivity index (χ3n) is 3.90. The van der Waals surface area contributed by atoms with Gasteiger partial charge in [-0.3, -0.25) is 0 Å². The van der Waals surface area contributed by atoms with E-state index >= 15 is 0 Å². The number of rotatable bonds is 7. The van der Waals surface area contributed by atoms with Crippen molar-refractivity contribution in [2.45, 2.75) is 19.9 Å². The molecule has 0 amide bonds.